The van der Waals surface area contributed by atoms with Crippen molar-refractivity contribution in [2.75, 3.05) is 0 Å². The highest BCUT2D eigenvalue weighted by Gasteiger charge is 2.07. The second kappa shape index (κ2) is 4.53. The predicted octanol–water partition coefficient (Wildman–Crippen LogP) is 2.99. The van der Waals surface area contributed by atoms with Gasteiger partial charge in [-0.2, -0.15) is 5.10 Å². The van der Waals surface area contributed by atoms with Gasteiger partial charge in [0, 0.05) is 30.8 Å². The Hall–Kier alpha value is -1.90. The molecule has 1 aromatic heterocycles. The minimum Gasteiger partial charge on any atom is -0.294 e. The van der Waals surface area contributed by atoms with Gasteiger partial charge in [-0.3, -0.25) is 9.48 Å². The summed E-state index contributed by atoms with van der Waals surface area (Å²) in [5.74, 6) is 0.180. The Bertz CT molecular complexity index is 538. The quantitative estimate of drug-likeness (QED) is 0.757. The van der Waals surface area contributed by atoms with Crippen LogP contribution in [0.3, 0.4) is 0 Å². The third-order valence-corrected chi connectivity index (χ3v) is 2.85. The molecule has 0 fully saturated rings. The van der Waals surface area contributed by atoms with Crippen molar-refractivity contribution >= 4 is 5.78 Å². The number of hydrogen-bond donors (Lipinski definition) is 0. The van der Waals surface area contributed by atoms with Crippen molar-refractivity contribution in [3.8, 4) is 11.1 Å². The molecule has 0 amide bonds. The van der Waals surface area contributed by atoms with Crippen molar-refractivity contribution in [2.45, 2.75) is 20.3 Å². The molecule has 0 aliphatic carbocycles. The summed E-state index contributed by atoms with van der Waals surface area (Å²) in [6.07, 6.45) is 2.54. The number of carbonyl (C=O) groups is 1. The van der Waals surface area contributed by atoms with Crippen molar-refractivity contribution in [2.24, 2.45) is 7.05 Å². The lowest BCUT2D eigenvalue weighted by Crippen LogP contribution is -1.95. The van der Waals surface area contributed by atoms with Gasteiger partial charge in [-0.05, 0) is 12.5 Å². The van der Waals surface area contributed by atoms with Crippen LogP contribution in [0.4, 0.5) is 0 Å². The maximum Gasteiger partial charge on any atom is 0.162 e. The van der Waals surface area contributed by atoms with Gasteiger partial charge in [0.05, 0.1) is 5.69 Å². The van der Waals surface area contributed by atoms with Gasteiger partial charge in [0.15, 0.2) is 5.78 Å². The molecule has 0 radical (unpaired) electrons. The van der Waals surface area contributed by atoms with E-state index < -0.39 is 0 Å². The van der Waals surface area contributed by atoms with Crippen molar-refractivity contribution in [1.29, 1.82) is 0 Å². The first-order valence-electron chi connectivity index (χ1n) is 5.75. The SMILES string of the molecule is CCC(=O)c1ccc(-c2cn(C)nc2C)cc1. The number of aromatic nitrogens is 2. The Morgan fingerprint density at radius 2 is 1.94 bits per heavy atom. The van der Waals surface area contributed by atoms with E-state index in [0.717, 1.165) is 22.4 Å². The Morgan fingerprint density at radius 3 is 2.41 bits per heavy atom. The van der Waals surface area contributed by atoms with Gasteiger partial charge < -0.3 is 0 Å². The van der Waals surface area contributed by atoms with E-state index in [1.807, 2.05) is 51.4 Å². The van der Waals surface area contributed by atoms with E-state index in [0.29, 0.717) is 6.42 Å². The molecule has 0 atom stereocenters. The van der Waals surface area contributed by atoms with Crippen LogP contribution in [-0.4, -0.2) is 15.6 Å². The van der Waals surface area contributed by atoms with Gasteiger partial charge in [0.25, 0.3) is 0 Å². The van der Waals surface area contributed by atoms with Crippen LogP contribution in [0, 0.1) is 6.92 Å². The summed E-state index contributed by atoms with van der Waals surface area (Å²) in [6.45, 7) is 3.86. The number of carbonyl (C=O) groups excluding carboxylic acids is 1. The molecule has 0 spiro atoms. The van der Waals surface area contributed by atoms with E-state index in [1.54, 1.807) is 4.68 Å². The Kier molecular flexibility index (Phi) is 3.09. The highest BCUT2D eigenvalue weighted by atomic mass is 16.1. The number of rotatable bonds is 3. The molecule has 0 aliphatic heterocycles. The van der Waals surface area contributed by atoms with E-state index >= 15 is 0 Å². The number of ketones is 1. The van der Waals surface area contributed by atoms with Crippen LogP contribution in [0.2, 0.25) is 0 Å². The fourth-order valence-electron chi connectivity index (χ4n) is 1.92. The minimum absolute atomic E-state index is 0.180. The molecule has 2 aromatic rings. The summed E-state index contributed by atoms with van der Waals surface area (Å²) in [5, 5.41) is 4.31. The summed E-state index contributed by atoms with van der Waals surface area (Å²) in [4.78, 5) is 11.5. The summed E-state index contributed by atoms with van der Waals surface area (Å²) in [5.41, 5.74) is 3.99. The Morgan fingerprint density at radius 1 is 1.29 bits per heavy atom. The molecule has 1 aromatic carbocycles. The zero-order valence-electron chi connectivity index (χ0n) is 10.4. The molecular formula is C14H16N2O. The summed E-state index contributed by atoms with van der Waals surface area (Å²) in [6, 6.07) is 7.72. The first kappa shape index (κ1) is 11.6. The number of hydrogen-bond acceptors (Lipinski definition) is 2. The molecule has 0 saturated heterocycles. The lowest BCUT2D eigenvalue weighted by molar-refractivity contribution is 0.0988. The molecule has 3 nitrogen and oxygen atoms in total. The summed E-state index contributed by atoms with van der Waals surface area (Å²) >= 11 is 0. The van der Waals surface area contributed by atoms with Gasteiger partial charge in [0.2, 0.25) is 0 Å². The third kappa shape index (κ3) is 2.28. The maximum atomic E-state index is 11.5. The topological polar surface area (TPSA) is 34.9 Å². The molecule has 3 heteroatoms. The van der Waals surface area contributed by atoms with Crippen molar-refractivity contribution < 1.29 is 4.79 Å². The number of Topliss-reactive ketones (excluding diaryl/α,β-unsaturated/α-hetero) is 1. The van der Waals surface area contributed by atoms with Gasteiger partial charge in [0.1, 0.15) is 0 Å². The molecule has 1 heterocycles. The standard InChI is InChI=1S/C14H16N2O/c1-4-14(17)12-7-5-11(6-8-12)13-9-16(3)15-10(13)2/h5-9H,4H2,1-3H3. The molecule has 0 bridgehead atoms. The molecule has 0 aliphatic rings. The molecule has 2 rings (SSSR count). The van der Waals surface area contributed by atoms with Crippen molar-refractivity contribution in [1.82, 2.24) is 9.78 Å². The number of benzene rings is 1. The van der Waals surface area contributed by atoms with Crippen LogP contribution in [0.1, 0.15) is 29.4 Å². The van der Waals surface area contributed by atoms with E-state index in [2.05, 4.69) is 5.10 Å². The Labute approximate surface area is 101 Å². The van der Waals surface area contributed by atoms with E-state index in [9.17, 15) is 4.79 Å². The minimum atomic E-state index is 0.180. The first-order chi connectivity index (χ1) is 8.11. The molecule has 0 saturated carbocycles. The highest BCUT2D eigenvalue weighted by molar-refractivity contribution is 5.96. The molecular weight excluding hydrogens is 212 g/mol. The van der Waals surface area contributed by atoms with Crippen molar-refractivity contribution in [3.63, 3.8) is 0 Å². The number of nitrogens with zero attached hydrogens (tertiary/aromatic N) is 2. The molecule has 0 N–H and O–H groups in total. The highest BCUT2D eigenvalue weighted by Crippen LogP contribution is 2.22. The second-order valence-electron chi connectivity index (χ2n) is 4.16. The maximum absolute atomic E-state index is 11.5. The van der Waals surface area contributed by atoms with E-state index in [-0.39, 0.29) is 5.78 Å². The third-order valence-electron chi connectivity index (χ3n) is 2.85. The van der Waals surface area contributed by atoms with Gasteiger partial charge in [-0.25, -0.2) is 0 Å². The molecule has 88 valence electrons. The van der Waals surface area contributed by atoms with Gasteiger partial charge >= 0.3 is 0 Å². The Balaban J connectivity index is 2.35. The first-order valence-corrected chi connectivity index (χ1v) is 5.75. The number of aryl methyl sites for hydroxylation is 2. The normalized spacial score (nSPS) is 10.5. The van der Waals surface area contributed by atoms with Crippen LogP contribution in [-0.2, 0) is 7.05 Å². The molecule has 17 heavy (non-hydrogen) atoms. The zero-order chi connectivity index (χ0) is 12.4. The zero-order valence-corrected chi connectivity index (χ0v) is 10.4. The fourth-order valence-corrected chi connectivity index (χ4v) is 1.92. The largest absolute Gasteiger partial charge is 0.294 e. The van der Waals surface area contributed by atoms with Gasteiger partial charge in [-0.1, -0.05) is 31.2 Å². The smallest absolute Gasteiger partial charge is 0.162 e. The second-order valence-corrected chi connectivity index (χ2v) is 4.16. The summed E-state index contributed by atoms with van der Waals surface area (Å²) < 4.78 is 1.80. The summed E-state index contributed by atoms with van der Waals surface area (Å²) in [7, 11) is 1.91. The fraction of sp³-hybridized carbons (Fsp3) is 0.286. The lowest BCUT2D eigenvalue weighted by Gasteiger charge is -2.01. The predicted molar refractivity (Wildman–Crippen MR) is 68.0 cm³/mol. The van der Waals surface area contributed by atoms with Crippen LogP contribution < -0.4 is 0 Å². The molecule has 0 unspecified atom stereocenters. The van der Waals surface area contributed by atoms with E-state index in [4.69, 9.17) is 0 Å². The van der Waals surface area contributed by atoms with Crippen LogP contribution >= 0.6 is 0 Å². The van der Waals surface area contributed by atoms with Crippen molar-refractivity contribution in [3.05, 3.63) is 41.7 Å². The van der Waals surface area contributed by atoms with Crippen LogP contribution in [0.5, 0.6) is 0 Å². The lowest BCUT2D eigenvalue weighted by atomic mass is 10.0. The van der Waals surface area contributed by atoms with Gasteiger partial charge in [-0.15, -0.1) is 0 Å². The monoisotopic (exact) mass is 228 g/mol. The van der Waals surface area contributed by atoms with Crippen LogP contribution in [0.25, 0.3) is 11.1 Å². The van der Waals surface area contributed by atoms with Crippen LogP contribution in [0.15, 0.2) is 30.5 Å². The van der Waals surface area contributed by atoms with E-state index in [1.165, 1.54) is 0 Å². The average molecular weight is 228 g/mol. The average Bonchev–Trinajstić information content (AvgIpc) is 2.68.